The van der Waals surface area contributed by atoms with E-state index in [1.54, 1.807) is 0 Å². The minimum atomic E-state index is -0.653. The van der Waals surface area contributed by atoms with E-state index in [0.717, 1.165) is 19.3 Å². The fourth-order valence-corrected chi connectivity index (χ4v) is 3.28. The van der Waals surface area contributed by atoms with E-state index in [2.05, 4.69) is 27.7 Å². The van der Waals surface area contributed by atoms with E-state index in [1.165, 1.54) is 96.3 Å². The Balaban J connectivity index is 0. The molecule has 0 heterocycles. The molecule has 0 saturated heterocycles. The molecule has 0 aliphatic heterocycles. The number of aliphatic carboxylic acids is 1. The number of carbonyl (C=O) groups is 1. The lowest BCUT2D eigenvalue weighted by atomic mass is 9.99. The molecule has 0 aromatic heterocycles. The van der Waals surface area contributed by atoms with E-state index in [9.17, 15) is 4.79 Å². The third-order valence-electron chi connectivity index (χ3n) is 5.17. The summed E-state index contributed by atoms with van der Waals surface area (Å²) in [5.74, 6) is -0.653. The molecular formula is C25H53NO2. The minimum absolute atomic E-state index is 0.0516. The molecule has 0 aromatic carbocycles. The van der Waals surface area contributed by atoms with Gasteiger partial charge in [-0.05, 0) is 26.7 Å². The summed E-state index contributed by atoms with van der Waals surface area (Å²) in [5, 5.41) is 8.52. The van der Waals surface area contributed by atoms with Crippen LogP contribution in [0.3, 0.4) is 0 Å². The van der Waals surface area contributed by atoms with Crippen LogP contribution < -0.4 is 5.73 Å². The van der Waals surface area contributed by atoms with E-state index < -0.39 is 5.97 Å². The molecule has 3 nitrogen and oxygen atoms in total. The summed E-state index contributed by atoms with van der Waals surface area (Å²) in [7, 11) is 0. The Bertz CT molecular complexity index is 310. The lowest BCUT2D eigenvalue weighted by Crippen LogP contribution is -2.31. The average molecular weight is 400 g/mol. The van der Waals surface area contributed by atoms with Crippen molar-refractivity contribution in [2.24, 2.45) is 5.73 Å². The van der Waals surface area contributed by atoms with Crippen LogP contribution in [0.5, 0.6) is 0 Å². The molecule has 0 atom stereocenters. The summed E-state index contributed by atoms with van der Waals surface area (Å²) in [6, 6.07) is 0. The highest BCUT2D eigenvalue weighted by atomic mass is 16.4. The van der Waals surface area contributed by atoms with Gasteiger partial charge in [0.25, 0.3) is 0 Å². The van der Waals surface area contributed by atoms with Crippen molar-refractivity contribution in [2.75, 3.05) is 0 Å². The second-order valence-electron chi connectivity index (χ2n) is 9.19. The average Bonchev–Trinajstić information content (AvgIpc) is 2.63. The van der Waals surface area contributed by atoms with Gasteiger partial charge in [0.2, 0.25) is 0 Å². The predicted molar refractivity (Wildman–Crippen MR) is 125 cm³/mol. The molecule has 0 spiro atoms. The summed E-state index contributed by atoms with van der Waals surface area (Å²) in [5.41, 5.74) is 5.77. The number of carboxylic acid groups (broad SMARTS) is 1. The molecule has 0 saturated carbocycles. The Hall–Kier alpha value is -0.570. The van der Waals surface area contributed by atoms with Crippen LogP contribution in [0.25, 0.3) is 0 Å². The highest BCUT2D eigenvalue weighted by Crippen LogP contribution is 2.13. The van der Waals surface area contributed by atoms with Crippen LogP contribution in [0.1, 0.15) is 150 Å². The van der Waals surface area contributed by atoms with Crippen molar-refractivity contribution in [1.29, 1.82) is 0 Å². The largest absolute Gasteiger partial charge is 0.481 e. The maximum atomic E-state index is 10.3. The first-order valence-electron chi connectivity index (χ1n) is 12.3. The minimum Gasteiger partial charge on any atom is -0.481 e. The van der Waals surface area contributed by atoms with Gasteiger partial charge in [-0.15, -0.1) is 0 Å². The molecule has 28 heavy (non-hydrogen) atoms. The first kappa shape index (κ1) is 29.6. The molecule has 0 amide bonds. The number of hydrogen-bond donors (Lipinski definition) is 2. The molecule has 0 aromatic rings. The van der Waals surface area contributed by atoms with Crippen molar-refractivity contribution in [2.45, 2.75) is 155 Å². The van der Waals surface area contributed by atoms with Crippen LogP contribution in [-0.4, -0.2) is 16.6 Å². The van der Waals surface area contributed by atoms with Gasteiger partial charge in [-0.1, -0.05) is 117 Å². The number of unbranched alkanes of at least 4 members (excludes halogenated alkanes) is 15. The highest BCUT2D eigenvalue weighted by molar-refractivity contribution is 5.66. The van der Waals surface area contributed by atoms with Gasteiger partial charge in [0.05, 0.1) is 0 Å². The lowest BCUT2D eigenvalue weighted by molar-refractivity contribution is -0.137. The molecule has 3 N–H and O–H groups in total. The summed E-state index contributed by atoms with van der Waals surface area (Å²) in [6.07, 6.45) is 23.8. The van der Waals surface area contributed by atoms with Gasteiger partial charge in [-0.3, -0.25) is 4.79 Å². The van der Waals surface area contributed by atoms with Gasteiger partial charge in [0.1, 0.15) is 0 Å². The third-order valence-corrected chi connectivity index (χ3v) is 5.17. The zero-order chi connectivity index (χ0) is 21.5. The fraction of sp³-hybridized carbons (Fsp3) is 0.960. The van der Waals surface area contributed by atoms with Crippen LogP contribution in [0.4, 0.5) is 0 Å². The van der Waals surface area contributed by atoms with Crippen LogP contribution in [0.15, 0.2) is 0 Å². The van der Waals surface area contributed by atoms with E-state index in [0.29, 0.717) is 6.42 Å². The van der Waals surface area contributed by atoms with Crippen molar-refractivity contribution in [3.63, 3.8) is 0 Å². The number of carboxylic acids is 1. The Labute approximate surface area is 177 Å². The van der Waals surface area contributed by atoms with E-state index >= 15 is 0 Å². The smallest absolute Gasteiger partial charge is 0.303 e. The zero-order valence-corrected chi connectivity index (χ0v) is 19.9. The van der Waals surface area contributed by atoms with Gasteiger partial charge in [0, 0.05) is 12.0 Å². The SMILES string of the molecule is CCCCC(C)(C)N.CCCCCCCCCCCCCCCCCC(=O)O. The topological polar surface area (TPSA) is 63.3 Å². The van der Waals surface area contributed by atoms with Crippen molar-refractivity contribution in [3.8, 4) is 0 Å². The van der Waals surface area contributed by atoms with Crippen molar-refractivity contribution >= 4 is 5.97 Å². The number of nitrogens with two attached hydrogens (primary N) is 1. The second-order valence-corrected chi connectivity index (χ2v) is 9.19. The van der Waals surface area contributed by atoms with Gasteiger partial charge < -0.3 is 10.8 Å². The molecule has 0 aliphatic rings. The first-order valence-corrected chi connectivity index (χ1v) is 12.3. The van der Waals surface area contributed by atoms with Crippen molar-refractivity contribution in [3.05, 3.63) is 0 Å². The molecule has 3 heteroatoms. The zero-order valence-electron chi connectivity index (χ0n) is 19.9. The molecule has 170 valence electrons. The molecule has 0 rings (SSSR count). The Morgan fingerprint density at radius 3 is 1.21 bits per heavy atom. The molecular weight excluding hydrogens is 346 g/mol. The summed E-state index contributed by atoms with van der Waals surface area (Å²) >= 11 is 0. The first-order chi connectivity index (χ1) is 13.3. The van der Waals surface area contributed by atoms with Crippen LogP contribution >= 0.6 is 0 Å². The summed E-state index contributed by atoms with van der Waals surface area (Å²) in [4.78, 5) is 10.3. The van der Waals surface area contributed by atoms with Gasteiger partial charge in [-0.25, -0.2) is 0 Å². The normalized spacial score (nSPS) is 11.2. The van der Waals surface area contributed by atoms with Gasteiger partial charge in [-0.2, -0.15) is 0 Å². The number of hydrogen-bond acceptors (Lipinski definition) is 2. The van der Waals surface area contributed by atoms with Crippen molar-refractivity contribution < 1.29 is 9.90 Å². The van der Waals surface area contributed by atoms with Crippen LogP contribution in [0.2, 0.25) is 0 Å². The van der Waals surface area contributed by atoms with Crippen LogP contribution in [-0.2, 0) is 4.79 Å². The van der Waals surface area contributed by atoms with E-state index in [1.807, 2.05) is 0 Å². The van der Waals surface area contributed by atoms with E-state index in [4.69, 9.17) is 10.8 Å². The second kappa shape index (κ2) is 22.7. The lowest BCUT2D eigenvalue weighted by Gasteiger charge is -2.16. The quantitative estimate of drug-likeness (QED) is 0.215. The molecule has 0 radical (unpaired) electrons. The molecule has 0 aliphatic carbocycles. The standard InChI is InChI=1S/C18H36O2.C7H17N/c1-2-3-4-5-6-7-8-9-10-11-12-13-14-15-16-17-18(19)20;1-4-5-6-7(2,3)8/h2-17H2,1H3,(H,19,20);4-6,8H2,1-3H3. The molecule has 0 bridgehead atoms. The summed E-state index contributed by atoms with van der Waals surface area (Å²) < 4.78 is 0. The summed E-state index contributed by atoms with van der Waals surface area (Å²) in [6.45, 7) is 8.60. The maximum Gasteiger partial charge on any atom is 0.303 e. The van der Waals surface area contributed by atoms with E-state index in [-0.39, 0.29) is 5.54 Å². The fourth-order valence-electron chi connectivity index (χ4n) is 3.28. The van der Waals surface area contributed by atoms with Gasteiger partial charge in [0.15, 0.2) is 0 Å². The highest BCUT2D eigenvalue weighted by Gasteiger charge is 2.07. The number of rotatable bonds is 19. The predicted octanol–water partition coefficient (Wildman–Crippen LogP) is 8.25. The maximum absolute atomic E-state index is 10.3. The Morgan fingerprint density at radius 2 is 0.964 bits per heavy atom. The molecule has 0 fully saturated rings. The molecule has 0 unspecified atom stereocenters. The van der Waals surface area contributed by atoms with Crippen LogP contribution in [0, 0.1) is 0 Å². The van der Waals surface area contributed by atoms with Crippen molar-refractivity contribution in [1.82, 2.24) is 0 Å². The Morgan fingerprint density at radius 1 is 0.643 bits per heavy atom. The van der Waals surface area contributed by atoms with Gasteiger partial charge >= 0.3 is 5.97 Å². The monoisotopic (exact) mass is 399 g/mol. The third kappa shape index (κ3) is 33.0. The Kier molecular flexibility index (Phi) is 24.0.